The molecule has 0 bridgehead atoms. The molecule has 0 unspecified atom stereocenters. The molecular formula is C21H18ClNO5. The number of hydrogen-bond donors (Lipinski definition) is 1. The minimum Gasteiger partial charge on any atom is -0.504 e. The van der Waals surface area contributed by atoms with Gasteiger partial charge in [0.15, 0.2) is 17.3 Å². The number of fused-ring (bicyclic) bond motifs is 1. The van der Waals surface area contributed by atoms with Crippen molar-refractivity contribution in [3.63, 3.8) is 0 Å². The third-order valence-corrected chi connectivity index (χ3v) is 4.50. The molecule has 1 heterocycles. The summed E-state index contributed by atoms with van der Waals surface area (Å²) in [7, 11) is 4.19. The highest BCUT2D eigenvalue weighted by Crippen LogP contribution is 2.44. The van der Waals surface area contributed by atoms with E-state index in [-0.39, 0.29) is 33.7 Å². The van der Waals surface area contributed by atoms with Gasteiger partial charge < -0.3 is 19.3 Å². The van der Waals surface area contributed by atoms with Crippen LogP contribution in [-0.2, 0) is 0 Å². The van der Waals surface area contributed by atoms with Gasteiger partial charge in [-0.1, -0.05) is 29.8 Å². The van der Waals surface area contributed by atoms with Crippen LogP contribution in [0.4, 0.5) is 0 Å². The number of rotatable bonds is 6. The fraction of sp³-hybridized carbons (Fsp3) is 0.143. The maximum absolute atomic E-state index is 12.8. The molecular weight excluding hydrogens is 382 g/mol. The summed E-state index contributed by atoms with van der Waals surface area (Å²) in [5.74, 6) is -0.396. The molecule has 3 aromatic rings. The summed E-state index contributed by atoms with van der Waals surface area (Å²) in [6.45, 7) is 0. The van der Waals surface area contributed by atoms with Crippen molar-refractivity contribution in [2.45, 2.75) is 0 Å². The van der Waals surface area contributed by atoms with Gasteiger partial charge in [-0.05, 0) is 24.3 Å². The number of ketones is 1. The molecule has 144 valence electrons. The Morgan fingerprint density at radius 3 is 2.46 bits per heavy atom. The van der Waals surface area contributed by atoms with Gasteiger partial charge in [-0.15, -0.1) is 0 Å². The minimum atomic E-state index is -0.487. The summed E-state index contributed by atoms with van der Waals surface area (Å²) in [6, 6.07) is 10.8. The Bertz CT molecular complexity index is 1080. The molecule has 0 spiro atoms. The molecule has 0 fully saturated rings. The van der Waals surface area contributed by atoms with Crippen molar-refractivity contribution in [2.24, 2.45) is 0 Å². The Balaban J connectivity index is 2.02. The highest BCUT2D eigenvalue weighted by atomic mass is 35.5. The second-order valence-electron chi connectivity index (χ2n) is 5.80. The van der Waals surface area contributed by atoms with Crippen molar-refractivity contribution in [2.75, 3.05) is 21.3 Å². The lowest BCUT2D eigenvalue weighted by Crippen LogP contribution is -2.03. The Morgan fingerprint density at radius 1 is 1.07 bits per heavy atom. The molecule has 1 N–H and O–H groups in total. The summed E-state index contributed by atoms with van der Waals surface area (Å²) < 4.78 is 15.5. The number of phenolic OH excluding ortho intramolecular Hbond substituents is 1. The number of methoxy groups -OCH3 is 3. The summed E-state index contributed by atoms with van der Waals surface area (Å²) in [4.78, 5) is 17.1. The van der Waals surface area contributed by atoms with Crippen molar-refractivity contribution in [1.29, 1.82) is 0 Å². The van der Waals surface area contributed by atoms with Crippen molar-refractivity contribution in [3.05, 3.63) is 58.8 Å². The third kappa shape index (κ3) is 3.59. The van der Waals surface area contributed by atoms with Gasteiger partial charge in [-0.25, -0.2) is 4.98 Å². The van der Waals surface area contributed by atoms with Crippen LogP contribution in [0.15, 0.2) is 42.5 Å². The number of nitrogens with zero attached hydrogens (tertiary/aromatic N) is 1. The average molecular weight is 400 g/mol. The summed E-state index contributed by atoms with van der Waals surface area (Å²) in [6.07, 6.45) is 2.83. The van der Waals surface area contributed by atoms with E-state index in [0.717, 1.165) is 10.9 Å². The van der Waals surface area contributed by atoms with Crippen LogP contribution in [0.3, 0.4) is 0 Å². The van der Waals surface area contributed by atoms with Crippen LogP contribution in [0.5, 0.6) is 23.0 Å². The van der Waals surface area contributed by atoms with E-state index >= 15 is 0 Å². The lowest BCUT2D eigenvalue weighted by molar-refractivity contribution is 0.104. The fourth-order valence-electron chi connectivity index (χ4n) is 2.83. The third-order valence-electron chi connectivity index (χ3n) is 4.19. The maximum atomic E-state index is 12.8. The van der Waals surface area contributed by atoms with E-state index in [1.165, 1.54) is 33.5 Å². The van der Waals surface area contributed by atoms with Crippen molar-refractivity contribution in [3.8, 4) is 23.0 Å². The molecule has 28 heavy (non-hydrogen) atoms. The van der Waals surface area contributed by atoms with Crippen LogP contribution >= 0.6 is 11.6 Å². The van der Waals surface area contributed by atoms with Crippen LogP contribution in [0.2, 0.25) is 5.15 Å². The monoisotopic (exact) mass is 399 g/mol. The van der Waals surface area contributed by atoms with Crippen LogP contribution < -0.4 is 14.2 Å². The molecule has 2 aromatic carbocycles. The number of aromatic hydroxyl groups is 1. The molecule has 0 aliphatic rings. The number of halogens is 1. The fourth-order valence-corrected chi connectivity index (χ4v) is 3.03. The lowest BCUT2D eigenvalue weighted by Gasteiger charge is -2.15. The van der Waals surface area contributed by atoms with E-state index < -0.39 is 5.78 Å². The first-order valence-electron chi connectivity index (χ1n) is 8.29. The van der Waals surface area contributed by atoms with Gasteiger partial charge in [-0.3, -0.25) is 4.79 Å². The molecule has 0 aliphatic carbocycles. The Hall–Kier alpha value is -3.25. The predicted octanol–water partition coefficient (Wildman–Crippen LogP) is 4.52. The Morgan fingerprint density at radius 2 is 1.79 bits per heavy atom. The summed E-state index contributed by atoms with van der Waals surface area (Å²) >= 11 is 6.23. The van der Waals surface area contributed by atoms with Gasteiger partial charge in [-0.2, -0.15) is 0 Å². The van der Waals surface area contributed by atoms with Crippen LogP contribution in [0, 0.1) is 0 Å². The number of carbonyl (C=O) groups excluding carboxylic acids is 1. The number of ether oxygens (including phenoxy) is 3. The van der Waals surface area contributed by atoms with E-state index in [4.69, 9.17) is 25.8 Å². The number of aromatic nitrogens is 1. The smallest absolute Gasteiger partial charge is 0.204 e. The van der Waals surface area contributed by atoms with Gasteiger partial charge in [0.25, 0.3) is 0 Å². The number of para-hydroxylation sites is 1. The first-order valence-corrected chi connectivity index (χ1v) is 8.67. The van der Waals surface area contributed by atoms with Gasteiger partial charge in [0.05, 0.1) is 26.8 Å². The molecule has 0 saturated heterocycles. The molecule has 0 amide bonds. The molecule has 3 rings (SSSR count). The van der Waals surface area contributed by atoms with E-state index in [1.807, 2.05) is 30.3 Å². The van der Waals surface area contributed by atoms with Gasteiger partial charge in [0, 0.05) is 17.0 Å². The highest BCUT2D eigenvalue weighted by molar-refractivity contribution is 6.31. The molecule has 7 heteroatoms. The predicted molar refractivity (Wildman–Crippen MR) is 108 cm³/mol. The molecule has 1 aromatic heterocycles. The van der Waals surface area contributed by atoms with Gasteiger partial charge in [0.1, 0.15) is 16.5 Å². The van der Waals surface area contributed by atoms with Crippen molar-refractivity contribution in [1.82, 2.24) is 4.98 Å². The van der Waals surface area contributed by atoms with Gasteiger partial charge >= 0.3 is 0 Å². The summed E-state index contributed by atoms with van der Waals surface area (Å²) in [5.41, 5.74) is 1.30. The van der Waals surface area contributed by atoms with Crippen LogP contribution in [0.1, 0.15) is 15.9 Å². The topological polar surface area (TPSA) is 77.9 Å². The molecule has 0 saturated carbocycles. The molecule has 0 atom stereocenters. The average Bonchev–Trinajstić information content (AvgIpc) is 2.71. The van der Waals surface area contributed by atoms with E-state index in [0.29, 0.717) is 5.56 Å². The molecule has 0 radical (unpaired) electrons. The second kappa shape index (κ2) is 8.19. The number of pyridine rings is 1. The van der Waals surface area contributed by atoms with Crippen molar-refractivity contribution >= 4 is 34.4 Å². The van der Waals surface area contributed by atoms with E-state index in [9.17, 15) is 9.90 Å². The van der Waals surface area contributed by atoms with E-state index in [2.05, 4.69) is 4.98 Å². The van der Waals surface area contributed by atoms with Crippen LogP contribution in [-0.4, -0.2) is 37.2 Å². The number of phenols is 1. The lowest BCUT2D eigenvalue weighted by atomic mass is 10.0. The van der Waals surface area contributed by atoms with Crippen LogP contribution in [0.25, 0.3) is 17.0 Å². The Kier molecular flexibility index (Phi) is 5.70. The minimum absolute atomic E-state index is 0.0405. The Labute approximate surface area is 166 Å². The largest absolute Gasteiger partial charge is 0.504 e. The van der Waals surface area contributed by atoms with E-state index in [1.54, 1.807) is 6.08 Å². The number of carbonyl (C=O) groups is 1. The first-order chi connectivity index (χ1) is 13.5. The number of hydrogen-bond acceptors (Lipinski definition) is 6. The SMILES string of the molecule is COc1cc(OC)c(C(=O)/C=C/c2cc3ccccc3nc2Cl)c(O)c1OC. The highest BCUT2D eigenvalue weighted by Gasteiger charge is 2.23. The van der Waals surface area contributed by atoms with Gasteiger partial charge in [0.2, 0.25) is 5.75 Å². The maximum Gasteiger partial charge on any atom is 0.204 e. The number of benzene rings is 2. The normalized spacial score (nSPS) is 11.0. The zero-order valence-electron chi connectivity index (χ0n) is 15.5. The zero-order chi connectivity index (χ0) is 20.3. The number of allylic oxidation sites excluding steroid dienone is 1. The molecule has 0 aliphatic heterocycles. The first kappa shape index (κ1) is 19.5. The second-order valence-corrected chi connectivity index (χ2v) is 6.15. The summed E-state index contributed by atoms with van der Waals surface area (Å²) in [5, 5.41) is 11.7. The zero-order valence-corrected chi connectivity index (χ0v) is 16.3. The quantitative estimate of drug-likeness (QED) is 0.373. The van der Waals surface area contributed by atoms with Crippen molar-refractivity contribution < 1.29 is 24.1 Å². The standard InChI is InChI=1S/C21H18ClNO5/c1-26-16-11-17(27-2)20(28-3)19(25)18(16)15(24)9-8-13-10-12-6-4-5-7-14(12)23-21(13)22/h4-11,25H,1-3H3/b9-8+. The molecule has 6 nitrogen and oxygen atoms in total.